The van der Waals surface area contributed by atoms with Gasteiger partial charge in [-0.1, -0.05) is 30.3 Å². The minimum atomic E-state index is -1.29. The third kappa shape index (κ3) is 4.54. The molecule has 2 N–H and O–H groups in total. The monoisotopic (exact) mass is 287 g/mol. The Morgan fingerprint density at radius 3 is 2.57 bits per heavy atom. The van der Waals surface area contributed by atoms with Gasteiger partial charge in [0.25, 0.3) is 0 Å². The molecule has 21 heavy (non-hydrogen) atoms. The van der Waals surface area contributed by atoms with Crippen LogP contribution in [-0.4, -0.2) is 17.2 Å². The molecule has 1 amide bonds. The minimum absolute atomic E-state index is 0.0559. The van der Waals surface area contributed by atoms with Gasteiger partial charge in [-0.3, -0.25) is 5.32 Å². The Morgan fingerprint density at radius 1 is 1.19 bits per heavy atom. The summed E-state index contributed by atoms with van der Waals surface area (Å²) in [5.74, 6) is -0.973. The molecule has 0 unspecified atom stereocenters. The maximum atomic E-state index is 11.6. The van der Waals surface area contributed by atoms with E-state index in [0.29, 0.717) is 5.76 Å². The molecule has 1 aromatic carbocycles. The first-order valence-corrected chi connectivity index (χ1v) is 6.11. The van der Waals surface area contributed by atoms with Gasteiger partial charge in [-0.15, -0.1) is 0 Å². The standard InChI is InChI=1S/C15H13NO5/c17-14(18)13(9-12-7-4-8-20-12)16-15(19)21-10-11-5-2-1-3-6-11/h1-9H,10H2,(H,16,19)(H,17,18)/b13-9+. The quantitative estimate of drug-likeness (QED) is 0.825. The zero-order valence-electron chi connectivity index (χ0n) is 11.0. The van der Waals surface area contributed by atoms with Crippen LogP contribution in [0.25, 0.3) is 6.08 Å². The summed E-state index contributed by atoms with van der Waals surface area (Å²) in [6.45, 7) is 0.0559. The first-order chi connectivity index (χ1) is 10.1. The van der Waals surface area contributed by atoms with Crippen LogP contribution in [0.1, 0.15) is 11.3 Å². The average Bonchev–Trinajstić information content (AvgIpc) is 2.98. The van der Waals surface area contributed by atoms with E-state index in [1.807, 2.05) is 18.2 Å². The lowest BCUT2D eigenvalue weighted by molar-refractivity contribution is -0.132. The number of alkyl carbamates (subject to hydrolysis) is 1. The third-order valence-electron chi connectivity index (χ3n) is 2.51. The fourth-order valence-corrected chi connectivity index (χ4v) is 1.54. The Balaban J connectivity index is 1.94. The number of hydrogen-bond acceptors (Lipinski definition) is 4. The molecular formula is C15H13NO5. The van der Waals surface area contributed by atoms with Gasteiger partial charge in [0.15, 0.2) is 0 Å². The summed E-state index contributed by atoms with van der Waals surface area (Å²) in [6, 6.07) is 12.2. The van der Waals surface area contributed by atoms with Crippen molar-refractivity contribution in [3.05, 3.63) is 65.7 Å². The van der Waals surface area contributed by atoms with E-state index in [0.717, 1.165) is 5.56 Å². The highest BCUT2D eigenvalue weighted by atomic mass is 16.5. The lowest BCUT2D eigenvalue weighted by Crippen LogP contribution is -2.27. The highest BCUT2D eigenvalue weighted by Gasteiger charge is 2.13. The zero-order chi connectivity index (χ0) is 15.1. The zero-order valence-corrected chi connectivity index (χ0v) is 11.0. The number of carbonyl (C=O) groups is 2. The van der Waals surface area contributed by atoms with Crippen LogP contribution in [0, 0.1) is 0 Å². The van der Waals surface area contributed by atoms with Crippen molar-refractivity contribution in [1.82, 2.24) is 5.32 Å². The molecule has 1 aromatic heterocycles. The van der Waals surface area contributed by atoms with Crippen LogP contribution in [0.15, 0.2) is 58.8 Å². The first-order valence-electron chi connectivity index (χ1n) is 6.11. The molecule has 1 heterocycles. The number of rotatable bonds is 5. The Labute approximate surface area is 120 Å². The fraction of sp³-hybridized carbons (Fsp3) is 0.0667. The molecule has 108 valence electrons. The maximum Gasteiger partial charge on any atom is 0.412 e. The topological polar surface area (TPSA) is 88.8 Å². The summed E-state index contributed by atoms with van der Waals surface area (Å²) in [4.78, 5) is 22.6. The Kier molecular flexibility index (Phi) is 4.76. The normalized spacial score (nSPS) is 11.0. The van der Waals surface area contributed by atoms with Gasteiger partial charge in [0, 0.05) is 6.08 Å². The van der Waals surface area contributed by atoms with Crippen molar-refractivity contribution in [1.29, 1.82) is 0 Å². The van der Waals surface area contributed by atoms with Gasteiger partial charge in [-0.25, -0.2) is 9.59 Å². The third-order valence-corrected chi connectivity index (χ3v) is 2.51. The molecule has 0 fully saturated rings. The second-order valence-electron chi connectivity index (χ2n) is 4.07. The molecule has 6 nitrogen and oxygen atoms in total. The van der Waals surface area contributed by atoms with Crippen molar-refractivity contribution < 1.29 is 23.8 Å². The second-order valence-corrected chi connectivity index (χ2v) is 4.07. The fourth-order valence-electron chi connectivity index (χ4n) is 1.54. The van der Waals surface area contributed by atoms with E-state index in [9.17, 15) is 9.59 Å². The van der Waals surface area contributed by atoms with Gasteiger partial charge in [0.05, 0.1) is 6.26 Å². The number of carboxylic acids is 1. The largest absolute Gasteiger partial charge is 0.477 e. The van der Waals surface area contributed by atoms with E-state index in [4.69, 9.17) is 14.3 Å². The van der Waals surface area contributed by atoms with E-state index in [1.165, 1.54) is 12.3 Å². The summed E-state index contributed by atoms with van der Waals surface area (Å²) in [5, 5.41) is 11.2. The van der Waals surface area contributed by atoms with E-state index < -0.39 is 12.1 Å². The smallest absolute Gasteiger partial charge is 0.412 e. The molecule has 0 radical (unpaired) electrons. The molecule has 0 aliphatic heterocycles. The van der Waals surface area contributed by atoms with Crippen LogP contribution < -0.4 is 5.32 Å². The van der Waals surface area contributed by atoms with Gasteiger partial charge in [-0.2, -0.15) is 0 Å². The lowest BCUT2D eigenvalue weighted by atomic mass is 10.2. The van der Waals surface area contributed by atoms with Crippen LogP contribution in [-0.2, 0) is 16.1 Å². The number of aliphatic carboxylic acids is 1. The molecule has 0 bridgehead atoms. The Morgan fingerprint density at radius 2 is 1.95 bits per heavy atom. The van der Waals surface area contributed by atoms with Gasteiger partial charge in [-0.05, 0) is 17.7 Å². The van der Waals surface area contributed by atoms with Gasteiger partial charge in [0.1, 0.15) is 18.1 Å². The van der Waals surface area contributed by atoms with E-state index in [2.05, 4.69) is 5.32 Å². The van der Waals surface area contributed by atoms with Gasteiger partial charge in [0.2, 0.25) is 0 Å². The number of amides is 1. The Bertz CT molecular complexity index is 631. The molecule has 2 rings (SSSR count). The predicted molar refractivity (Wildman–Crippen MR) is 74.1 cm³/mol. The molecule has 0 saturated carbocycles. The number of carboxylic acid groups (broad SMARTS) is 1. The Hall–Kier alpha value is -3.02. The van der Waals surface area contributed by atoms with Gasteiger partial charge < -0.3 is 14.3 Å². The van der Waals surface area contributed by atoms with Crippen molar-refractivity contribution in [3.63, 3.8) is 0 Å². The summed E-state index contributed by atoms with van der Waals surface area (Å²) >= 11 is 0. The van der Waals surface area contributed by atoms with E-state index >= 15 is 0 Å². The van der Waals surface area contributed by atoms with E-state index in [-0.39, 0.29) is 12.3 Å². The molecule has 0 saturated heterocycles. The summed E-state index contributed by atoms with van der Waals surface area (Å²) in [6.07, 6.45) is 1.75. The van der Waals surface area contributed by atoms with Gasteiger partial charge >= 0.3 is 12.1 Å². The average molecular weight is 287 g/mol. The number of furan rings is 1. The van der Waals surface area contributed by atoms with Crippen LogP contribution in [0.5, 0.6) is 0 Å². The van der Waals surface area contributed by atoms with Crippen molar-refractivity contribution in [3.8, 4) is 0 Å². The number of hydrogen-bond donors (Lipinski definition) is 2. The number of carbonyl (C=O) groups excluding carboxylic acids is 1. The molecular weight excluding hydrogens is 274 g/mol. The molecule has 0 aliphatic rings. The van der Waals surface area contributed by atoms with Crippen LogP contribution in [0.2, 0.25) is 0 Å². The highest BCUT2D eigenvalue weighted by molar-refractivity contribution is 5.95. The minimum Gasteiger partial charge on any atom is -0.477 e. The summed E-state index contributed by atoms with van der Waals surface area (Å²) in [5.41, 5.74) is 0.475. The van der Waals surface area contributed by atoms with Crippen molar-refractivity contribution >= 4 is 18.1 Å². The molecule has 0 atom stereocenters. The molecule has 6 heteroatoms. The van der Waals surface area contributed by atoms with Crippen LogP contribution in [0.3, 0.4) is 0 Å². The summed E-state index contributed by atoms with van der Waals surface area (Å²) < 4.78 is 9.94. The molecule has 2 aromatic rings. The van der Waals surface area contributed by atoms with Crippen molar-refractivity contribution in [2.45, 2.75) is 6.61 Å². The lowest BCUT2D eigenvalue weighted by Gasteiger charge is -2.07. The van der Waals surface area contributed by atoms with Crippen molar-refractivity contribution in [2.75, 3.05) is 0 Å². The SMILES string of the molecule is O=C(N/C(=C/c1ccco1)C(=O)O)OCc1ccccc1. The predicted octanol–water partition coefficient (Wildman–Crippen LogP) is 2.63. The van der Waals surface area contributed by atoms with Crippen LogP contribution in [0.4, 0.5) is 4.79 Å². The van der Waals surface area contributed by atoms with E-state index in [1.54, 1.807) is 24.3 Å². The highest BCUT2D eigenvalue weighted by Crippen LogP contribution is 2.07. The second kappa shape index (κ2) is 6.95. The van der Waals surface area contributed by atoms with Crippen LogP contribution >= 0.6 is 0 Å². The molecule has 0 spiro atoms. The number of ether oxygens (including phenoxy) is 1. The number of benzene rings is 1. The number of nitrogens with one attached hydrogen (secondary N) is 1. The summed E-state index contributed by atoms with van der Waals surface area (Å²) in [7, 11) is 0. The first kappa shape index (κ1) is 14.4. The van der Waals surface area contributed by atoms with Crippen molar-refractivity contribution in [2.24, 2.45) is 0 Å². The molecule has 0 aliphatic carbocycles. The maximum absolute atomic E-state index is 11.6.